The van der Waals surface area contributed by atoms with Crippen molar-refractivity contribution in [2.24, 2.45) is 10.2 Å². The Labute approximate surface area is 301 Å². The van der Waals surface area contributed by atoms with E-state index in [0.717, 1.165) is 53.2 Å². The van der Waals surface area contributed by atoms with Crippen LogP contribution in [0.1, 0.15) is 54.9 Å². The highest BCUT2D eigenvalue weighted by Gasteiger charge is 2.23. The van der Waals surface area contributed by atoms with Crippen molar-refractivity contribution in [3.05, 3.63) is 40.3 Å². The molecule has 1 aromatic heterocycles. The Morgan fingerprint density at radius 2 is 1.54 bits per heavy atom. The van der Waals surface area contributed by atoms with Crippen LogP contribution in [0.4, 0.5) is 16.4 Å². The van der Waals surface area contributed by atoms with Crippen molar-refractivity contribution in [2.75, 3.05) is 109 Å². The summed E-state index contributed by atoms with van der Waals surface area (Å²) < 4.78 is 59.5. The Morgan fingerprint density at radius 3 is 2.08 bits per heavy atom. The molecule has 0 amide bonds. The fourth-order valence-corrected chi connectivity index (χ4v) is 6.42. The summed E-state index contributed by atoms with van der Waals surface area (Å²) in [6.45, 7) is 18.8. The van der Waals surface area contributed by atoms with Crippen LogP contribution in [-0.4, -0.2) is 128 Å². The highest BCUT2D eigenvalue weighted by atomic mass is 32.2. The molecule has 0 aliphatic carbocycles. The molecule has 280 valence electrons. The summed E-state index contributed by atoms with van der Waals surface area (Å²) in [5.41, 5.74) is 2.91. The maximum absolute atomic E-state index is 12.0. The molecule has 2 rings (SSSR count). The number of hydrogen-bond acceptors (Lipinski definition) is 13. The van der Waals surface area contributed by atoms with Crippen LogP contribution in [0.3, 0.4) is 0 Å². The number of rotatable bonds is 27. The van der Waals surface area contributed by atoms with Crippen molar-refractivity contribution in [2.45, 2.75) is 41.0 Å². The highest BCUT2D eigenvalue weighted by molar-refractivity contribution is 7.85. The van der Waals surface area contributed by atoms with Crippen LogP contribution < -0.4 is 4.90 Å². The molecule has 16 heteroatoms. The third-order valence-corrected chi connectivity index (χ3v) is 10.00. The van der Waals surface area contributed by atoms with E-state index >= 15 is 0 Å². The Hall–Kier alpha value is -3.01. The first-order chi connectivity index (χ1) is 24.0. The van der Waals surface area contributed by atoms with Crippen LogP contribution in [0.5, 0.6) is 0 Å². The number of aryl methyl sites for hydroxylation is 1. The largest absolute Gasteiger partial charge is 0.462 e. The number of anilines is 1. The predicted molar refractivity (Wildman–Crippen MR) is 194 cm³/mol. The molecule has 0 fully saturated rings. The number of carbonyl (C=O) groups excluding carboxylic acids is 1. The van der Waals surface area contributed by atoms with Gasteiger partial charge in [0.25, 0.3) is 10.1 Å². The molecule has 0 spiro atoms. The zero-order valence-corrected chi connectivity index (χ0v) is 31.7. The molecule has 1 heterocycles. The van der Waals surface area contributed by atoms with Crippen LogP contribution in [0, 0.1) is 18.3 Å². The van der Waals surface area contributed by atoms with E-state index in [1.807, 2.05) is 25.1 Å². The zero-order chi connectivity index (χ0) is 36.8. The predicted octanol–water partition coefficient (Wildman–Crippen LogP) is 5.55. The molecule has 0 saturated carbocycles. The molecule has 0 atom stereocenters. The minimum Gasteiger partial charge on any atom is -0.462 e. The molecule has 0 radical (unpaired) electrons. The van der Waals surface area contributed by atoms with Crippen molar-refractivity contribution in [3.63, 3.8) is 0 Å². The minimum atomic E-state index is -3.93. The number of carbonyl (C=O) groups is 1. The maximum atomic E-state index is 12.0. The Bertz CT molecular complexity index is 1470. The number of quaternary nitrogens is 1. The van der Waals surface area contributed by atoms with E-state index in [-0.39, 0.29) is 17.9 Å². The molecule has 0 aliphatic rings. The van der Waals surface area contributed by atoms with Gasteiger partial charge >= 0.3 is 5.97 Å². The quantitative estimate of drug-likeness (QED) is 0.0401. The van der Waals surface area contributed by atoms with Crippen molar-refractivity contribution in [3.8, 4) is 6.07 Å². The lowest BCUT2D eigenvalue weighted by Gasteiger charge is -2.36. The smallest absolute Gasteiger partial charge is 0.348 e. The molecule has 14 nitrogen and oxygen atoms in total. The van der Waals surface area contributed by atoms with E-state index < -0.39 is 16.1 Å². The Kier molecular flexibility index (Phi) is 20.2. The summed E-state index contributed by atoms with van der Waals surface area (Å²) in [4.78, 5) is 14.5. The van der Waals surface area contributed by atoms with E-state index in [0.29, 0.717) is 87.9 Å². The fraction of sp³-hybridized carbons (Fsp3) is 0.647. The first-order valence-electron chi connectivity index (χ1n) is 17.1. The van der Waals surface area contributed by atoms with Gasteiger partial charge in [-0.2, -0.15) is 13.7 Å². The van der Waals surface area contributed by atoms with Crippen LogP contribution in [0.2, 0.25) is 0 Å². The van der Waals surface area contributed by atoms with Gasteiger partial charge < -0.3 is 33.1 Å². The number of ether oxygens (including phenoxy) is 5. The first kappa shape index (κ1) is 43.2. The van der Waals surface area contributed by atoms with Crippen molar-refractivity contribution in [1.82, 2.24) is 0 Å². The lowest BCUT2D eigenvalue weighted by molar-refractivity contribution is -0.925. The van der Waals surface area contributed by atoms with Gasteiger partial charge in [-0.1, -0.05) is 0 Å². The third kappa shape index (κ3) is 15.9. The Balaban J connectivity index is 1.61. The van der Waals surface area contributed by atoms with Crippen LogP contribution in [-0.2, 0) is 33.8 Å². The summed E-state index contributed by atoms with van der Waals surface area (Å²) in [5.74, 6) is -0.695. The summed E-state index contributed by atoms with van der Waals surface area (Å²) in [5, 5.41) is 18.4. The number of thiophene rings is 1. The van der Waals surface area contributed by atoms with Crippen LogP contribution >= 0.6 is 11.3 Å². The first-order valence-corrected chi connectivity index (χ1v) is 19.5. The zero-order valence-electron chi connectivity index (χ0n) is 30.1. The lowest BCUT2D eigenvalue weighted by atomic mass is 10.1. The molecular formula is C34H54N5O9S2+. The molecule has 0 aliphatic heterocycles. The van der Waals surface area contributed by atoms with Gasteiger partial charge in [0.05, 0.1) is 96.1 Å². The van der Waals surface area contributed by atoms with Crippen LogP contribution in [0.15, 0.2) is 34.5 Å². The molecule has 0 unspecified atom stereocenters. The van der Waals surface area contributed by atoms with Gasteiger partial charge in [-0.3, -0.25) is 4.55 Å². The average Bonchev–Trinajstić information content (AvgIpc) is 3.52. The monoisotopic (exact) mass is 740 g/mol. The summed E-state index contributed by atoms with van der Waals surface area (Å²) in [6.07, 6.45) is 0.420. The number of likely N-dealkylation sites (N-methyl/N-ethyl adjacent to an activating group) is 2. The molecular weight excluding hydrogens is 687 g/mol. The number of nitrogens with zero attached hydrogens (tertiary/aromatic N) is 5. The van der Waals surface area contributed by atoms with Crippen molar-refractivity contribution in [1.29, 1.82) is 5.26 Å². The van der Waals surface area contributed by atoms with Gasteiger partial charge in [0.1, 0.15) is 17.5 Å². The number of hydrogen-bond donors (Lipinski definition) is 1. The topological polar surface area (TPSA) is 169 Å². The maximum Gasteiger partial charge on any atom is 0.348 e. The molecule has 1 N–H and O–H groups in total. The van der Waals surface area contributed by atoms with Gasteiger partial charge in [-0.05, 0) is 64.4 Å². The second-order valence-corrected chi connectivity index (χ2v) is 14.0. The van der Waals surface area contributed by atoms with E-state index in [2.05, 4.69) is 42.0 Å². The highest BCUT2D eigenvalue weighted by Crippen LogP contribution is 2.33. The summed E-state index contributed by atoms with van der Waals surface area (Å²) >= 11 is 1.08. The fourth-order valence-electron chi connectivity index (χ4n) is 5.10. The number of azo groups is 1. The second kappa shape index (κ2) is 23.5. The number of benzene rings is 1. The van der Waals surface area contributed by atoms with E-state index in [9.17, 15) is 18.5 Å². The molecule has 1 aromatic carbocycles. The molecule has 0 bridgehead atoms. The van der Waals surface area contributed by atoms with E-state index in [4.69, 9.17) is 28.2 Å². The minimum absolute atomic E-state index is 0.215. The van der Waals surface area contributed by atoms with Gasteiger partial charge in [0.15, 0.2) is 5.00 Å². The van der Waals surface area contributed by atoms with Crippen molar-refractivity contribution >= 4 is 43.8 Å². The SMILES string of the molecule is CCOC(=O)c1cc(C#N)c(/N=N/c2ccc(N(CC)CCOCCOCCOCCOCC[N+](CC)(CC)CCCS(=O)(=O)O)cc2C)s1. The number of nitriles is 1. The van der Waals surface area contributed by atoms with Crippen LogP contribution in [0.25, 0.3) is 0 Å². The van der Waals surface area contributed by atoms with Gasteiger partial charge in [0, 0.05) is 25.2 Å². The standard InChI is InChI=1S/C34H53N5O9S2/c1-6-38(30-11-12-31(28(5)25-30)36-37-33-29(27-35)26-32(49-33)34(40)48-9-4)13-16-44-18-20-46-22-23-47-21-19-45-17-15-39(7-2,8-3)14-10-24-50(41,42)43/h11-12,25-26H,6-10,13-24H2,1-5H3/p+1/b37-36+. The second-order valence-electron chi connectivity index (χ2n) is 11.4. The van der Waals surface area contributed by atoms with Gasteiger partial charge in [-0.25, -0.2) is 4.79 Å². The van der Waals surface area contributed by atoms with Gasteiger partial charge in [0.2, 0.25) is 0 Å². The number of esters is 1. The molecule has 2 aromatic rings. The average molecular weight is 741 g/mol. The molecule has 0 saturated heterocycles. The summed E-state index contributed by atoms with van der Waals surface area (Å²) in [6, 6.07) is 9.43. The molecule has 50 heavy (non-hydrogen) atoms. The van der Waals surface area contributed by atoms with E-state index in [1.165, 1.54) is 6.07 Å². The Morgan fingerprint density at radius 1 is 0.920 bits per heavy atom. The van der Waals surface area contributed by atoms with Gasteiger partial charge in [-0.15, -0.1) is 21.6 Å². The normalized spacial score (nSPS) is 12.0. The summed E-state index contributed by atoms with van der Waals surface area (Å²) in [7, 11) is -3.93. The van der Waals surface area contributed by atoms with E-state index in [1.54, 1.807) is 6.92 Å². The third-order valence-electron chi connectivity index (χ3n) is 8.19. The lowest BCUT2D eigenvalue weighted by Crippen LogP contribution is -2.50. The van der Waals surface area contributed by atoms with Crippen molar-refractivity contribution < 1.29 is 45.9 Å².